The van der Waals surface area contributed by atoms with Gasteiger partial charge in [-0.1, -0.05) is 0 Å². The molecule has 0 saturated carbocycles. The minimum absolute atomic E-state index is 0.121. The Labute approximate surface area is 119 Å². The van der Waals surface area contributed by atoms with Crippen molar-refractivity contribution in [3.05, 3.63) is 34.8 Å². The van der Waals surface area contributed by atoms with Crippen LogP contribution in [0.3, 0.4) is 0 Å². The topological polar surface area (TPSA) is 117 Å². The summed E-state index contributed by atoms with van der Waals surface area (Å²) in [5.74, 6) is -0.656. The summed E-state index contributed by atoms with van der Waals surface area (Å²) in [4.78, 5) is 21.6. The van der Waals surface area contributed by atoms with Crippen molar-refractivity contribution in [1.29, 1.82) is 0 Å². The Morgan fingerprint density at radius 2 is 2.33 bits per heavy atom. The van der Waals surface area contributed by atoms with Gasteiger partial charge in [-0.15, -0.1) is 0 Å². The third kappa shape index (κ3) is 4.11. The molecule has 2 rings (SSSR count). The first-order valence-corrected chi connectivity index (χ1v) is 6.16. The largest absolute Gasteiger partial charge is 0.389 e. The molecule has 1 N–H and O–H groups in total. The molecule has 0 aromatic carbocycles. The lowest BCUT2D eigenvalue weighted by atomic mass is 10.5. The van der Waals surface area contributed by atoms with Gasteiger partial charge in [-0.3, -0.25) is 4.79 Å². The fourth-order valence-corrected chi connectivity index (χ4v) is 1.57. The quantitative estimate of drug-likeness (QED) is 0.591. The number of aromatic nitrogens is 4. The van der Waals surface area contributed by atoms with Crippen LogP contribution in [0.25, 0.3) is 0 Å². The van der Waals surface area contributed by atoms with E-state index in [2.05, 4.69) is 15.5 Å². The predicted molar refractivity (Wildman–Crippen MR) is 71.4 cm³/mol. The van der Waals surface area contributed by atoms with Crippen molar-refractivity contribution >= 4 is 17.4 Å². The lowest BCUT2D eigenvalue weighted by molar-refractivity contribution is -0.389. The number of hydrogen-bond donors (Lipinski definition) is 1. The van der Waals surface area contributed by atoms with Gasteiger partial charge in [-0.2, -0.15) is 9.78 Å². The molecule has 10 heteroatoms. The van der Waals surface area contributed by atoms with E-state index in [4.69, 9.17) is 4.74 Å². The average molecular weight is 294 g/mol. The zero-order valence-electron chi connectivity index (χ0n) is 11.3. The van der Waals surface area contributed by atoms with Crippen LogP contribution in [0, 0.1) is 10.1 Å². The lowest BCUT2D eigenvalue weighted by Gasteiger charge is -2.01. The molecule has 0 bridgehead atoms. The second kappa shape index (κ2) is 6.61. The van der Waals surface area contributed by atoms with Crippen molar-refractivity contribution in [2.24, 2.45) is 0 Å². The summed E-state index contributed by atoms with van der Waals surface area (Å²) in [6.07, 6.45) is 4.48. The molecule has 0 saturated heterocycles. The van der Waals surface area contributed by atoms with Crippen LogP contribution in [0.4, 0.5) is 11.5 Å². The molecule has 0 fully saturated rings. The van der Waals surface area contributed by atoms with Crippen LogP contribution in [0.5, 0.6) is 0 Å². The summed E-state index contributed by atoms with van der Waals surface area (Å²) in [7, 11) is 0. The van der Waals surface area contributed by atoms with Crippen molar-refractivity contribution in [2.45, 2.75) is 20.2 Å². The number of nitrogens with one attached hydrogen (secondary N) is 1. The molecule has 112 valence electrons. The summed E-state index contributed by atoms with van der Waals surface area (Å²) < 4.78 is 7.90. The molecule has 0 spiro atoms. The predicted octanol–water partition coefficient (Wildman–Crippen LogP) is 0.620. The lowest BCUT2D eigenvalue weighted by Crippen LogP contribution is -2.18. The van der Waals surface area contributed by atoms with Crippen LogP contribution < -0.4 is 5.32 Å². The average Bonchev–Trinajstić information content (AvgIpc) is 3.06. The molecule has 0 aliphatic rings. The van der Waals surface area contributed by atoms with Crippen molar-refractivity contribution in [3.8, 4) is 0 Å². The van der Waals surface area contributed by atoms with Gasteiger partial charge in [-0.25, -0.2) is 4.68 Å². The van der Waals surface area contributed by atoms with Crippen molar-refractivity contribution in [1.82, 2.24) is 19.6 Å². The third-order valence-corrected chi connectivity index (χ3v) is 2.46. The Balaban J connectivity index is 1.88. The smallest absolute Gasteiger partial charge is 0.360 e. The molecular weight excluding hydrogens is 280 g/mol. The normalized spacial score (nSPS) is 10.5. The van der Waals surface area contributed by atoms with Gasteiger partial charge in [-0.05, 0) is 11.8 Å². The summed E-state index contributed by atoms with van der Waals surface area (Å²) in [6, 6.07) is 1.23. The van der Waals surface area contributed by atoms with E-state index in [0.29, 0.717) is 19.0 Å². The highest BCUT2D eigenvalue weighted by Gasteiger charge is 2.13. The summed E-state index contributed by atoms with van der Waals surface area (Å²) in [6.45, 7) is 2.62. The Morgan fingerprint density at radius 1 is 1.52 bits per heavy atom. The molecule has 21 heavy (non-hydrogen) atoms. The van der Waals surface area contributed by atoms with Crippen LogP contribution in [0.1, 0.15) is 6.92 Å². The highest BCUT2D eigenvalue weighted by atomic mass is 16.6. The minimum atomic E-state index is -0.619. The van der Waals surface area contributed by atoms with E-state index < -0.39 is 4.92 Å². The fourth-order valence-electron chi connectivity index (χ4n) is 1.57. The number of ether oxygens (including phenoxy) is 1. The van der Waals surface area contributed by atoms with Crippen LogP contribution in [0.2, 0.25) is 0 Å². The second-order valence-electron chi connectivity index (χ2n) is 4.07. The Morgan fingerprint density at radius 3 is 3.00 bits per heavy atom. The Kier molecular flexibility index (Phi) is 4.61. The number of nitro groups is 1. The zero-order valence-corrected chi connectivity index (χ0v) is 11.3. The maximum Gasteiger partial charge on any atom is 0.389 e. The first-order chi connectivity index (χ1) is 10.1. The summed E-state index contributed by atoms with van der Waals surface area (Å²) >= 11 is 0. The number of amides is 1. The van der Waals surface area contributed by atoms with E-state index >= 15 is 0 Å². The second-order valence-corrected chi connectivity index (χ2v) is 4.07. The SMILES string of the molecule is CCOCn1cc(NC(=O)Cn2ccc([N+](=O)[O-])n2)cn1. The van der Waals surface area contributed by atoms with Crippen molar-refractivity contribution in [3.63, 3.8) is 0 Å². The maximum atomic E-state index is 11.8. The first-order valence-electron chi connectivity index (χ1n) is 6.16. The number of hydrogen-bond acceptors (Lipinski definition) is 6. The summed E-state index contributed by atoms with van der Waals surface area (Å²) in [5.41, 5.74) is 0.515. The number of nitrogens with zero attached hydrogens (tertiary/aromatic N) is 5. The van der Waals surface area contributed by atoms with Gasteiger partial charge in [0, 0.05) is 6.61 Å². The van der Waals surface area contributed by atoms with Gasteiger partial charge >= 0.3 is 5.82 Å². The highest BCUT2D eigenvalue weighted by Crippen LogP contribution is 2.07. The van der Waals surface area contributed by atoms with E-state index in [0.717, 1.165) is 0 Å². The highest BCUT2D eigenvalue weighted by molar-refractivity contribution is 5.90. The molecule has 2 aromatic heterocycles. The van der Waals surface area contributed by atoms with Crippen LogP contribution in [-0.4, -0.2) is 37.0 Å². The van der Waals surface area contributed by atoms with E-state index in [-0.39, 0.29) is 18.3 Å². The van der Waals surface area contributed by atoms with E-state index in [1.807, 2.05) is 6.92 Å². The van der Waals surface area contributed by atoms with Crippen molar-refractivity contribution < 1.29 is 14.5 Å². The van der Waals surface area contributed by atoms with Gasteiger partial charge in [0.25, 0.3) is 0 Å². The molecule has 0 atom stereocenters. The Bertz CT molecular complexity index is 634. The Hall–Kier alpha value is -2.75. The maximum absolute atomic E-state index is 11.8. The molecule has 0 unspecified atom stereocenters. The number of carbonyl (C=O) groups excluding carboxylic acids is 1. The van der Waals surface area contributed by atoms with E-state index in [9.17, 15) is 14.9 Å². The minimum Gasteiger partial charge on any atom is -0.360 e. The van der Waals surface area contributed by atoms with Gasteiger partial charge in [0.2, 0.25) is 5.91 Å². The van der Waals surface area contributed by atoms with Crippen LogP contribution in [0.15, 0.2) is 24.7 Å². The monoisotopic (exact) mass is 294 g/mol. The van der Waals surface area contributed by atoms with Gasteiger partial charge in [0.1, 0.15) is 13.3 Å². The fraction of sp³-hybridized carbons (Fsp3) is 0.364. The molecule has 1 amide bonds. The number of rotatable bonds is 7. The van der Waals surface area contributed by atoms with Gasteiger partial charge < -0.3 is 20.2 Å². The molecule has 2 aromatic rings. The molecular formula is C11H14N6O4. The molecule has 10 nitrogen and oxygen atoms in total. The number of carbonyl (C=O) groups is 1. The van der Waals surface area contributed by atoms with E-state index in [1.165, 1.54) is 27.8 Å². The molecule has 0 radical (unpaired) electrons. The van der Waals surface area contributed by atoms with Crippen LogP contribution in [-0.2, 0) is 22.8 Å². The van der Waals surface area contributed by atoms with E-state index in [1.54, 1.807) is 6.20 Å². The number of anilines is 1. The standard InChI is InChI=1S/C11H14N6O4/c1-2-21-8-16-6-9(5-12-16)13-11(18)7-15-4-3-10(14-15)17(19)20/h3-6H,2,7-8H2,1H3,(H,13,18). The van der Waals surface area contributed by atoms with Gasteiger partial charge in [0.15, 0.2) is 0 Å². The first kappa shape index (κ1) is 14.7. The van der Waals surface area contributed by atoms with Crippen LogP contribution >= 0.6 is 0 Å². The molecule has 0 aliphatic heterocycles. The van der Waals surface area contributed by atoms with Crippen molar-refractivity contribution in [2.75, 3.05) is 11.9 Å². The van der Waals surface area contributed by atoms with Gasteiger partial charge in [0.05, 0.1) is 35.4 Å². The summed E-state index contributed by atoms with van der Waals surface area (Å²) in [5, 5.41) is 20.8. The molecule has 0 aliphatic carbocycles. The zero-order chi connectivity index (χ0) is 15.2. The third-order valence-electron chi connectivity index (χ3n) is 2.46. The molecule has 2 heterocycles.